The molecule has 0 aliphatic rings. The molecule has 28 heavy (non-hydrogen) atoms. The van der Waals surface area contributed by atoms with Gasteiger partial charge in [-0.25, -0.2) is 22.5 Å². The minimum atomic E-state index is -0.792. The number of imidazole rings is 1. The highest BCUT2D eigenvalue weighted by Crippen LogP contribution is 2.32. The summed E-state index contributed by atoms with van der Waals surface area (Å²) in [6, 6.07) is 10.8. The lowest BCUT2D eigenvalue weighted by Crippen LogP contribution is -2.08. The van der Waals surface area contributed by atoms with Crippen LogP contribution >= 0.6 is 0 Å². The van der Waals surface area contributed by atoms with Crippen LogP contribution < -0.4 is 0 Å². The van der Waals surface area contributed by atoms with Crippen molar-refractivity contribution < 1.29 is 17.6 Å². The summed E-state index contributed by atoms with van der Waals surface area (Å²) in [5.41, 5.74) is 2.27. The van der Waals surface area contributed by atoms with Crippen LogP contribution in [0.2, 0.25) is 0 Å². The Morgan fingerprint density at radius 3 is 2.00 bits per heavy atom. The first-order valence-corrected chi connectivity index (χ1v) is 8.71. The van der Waals surface area contributed by atoms with Gasteiger partial charge in [0.15, 0.2) is 0 Å². The zero-order valence-corrected chi connectivity index (χ0v) is 15.2. The molecule has 0 aliphatic carbocycles. The predicted molar refractivity (Wildman–Crippen MR) is 100 cm³/mol. The van der Waals surface area contributed by atoms with Crippen molar-refractivity contribution in [3.8, 4) is 11.4 Å². The van der Waals surface area contributed by atoms with Crippen LogP contribution in [-0.4, -0.2) is 9.55 Å². The van der Waals surface area contributed by atoms with Crippen LogP contribution in [0.5, 0.6) is 0 Å². The third kappa shape index (κ3) is 2.95. The summed E-state index contributed by atoms with van der Waals surface area (Å²) in [5.74, 6) is -3.06. The lowest BCUT2D eigenvalue weighted by atomic mass is 10.1. The lowest BCUT2D eigenvalue weighted by molar-refractivity contribution is 0.546. The summed E-state index contributed by atoms with van der Waals surface area (Å²) >= 11 is 0. The minimum absolute atomic E-state index is 0.0121. The molecule has 0 saturated heterocycles. The van der Waals surface area contributed by atoms with Crippen molar-refractivity contribution in [2.24, 2.45) is 0 Å². The maximum atomic E-state index is 14.5. The van der Waals surface area contributed by atoms with Crippen LogP contribution in [0.4, 0.5) is 17.6 Å². The number of aromatic nitrogens is 2. The second kappa shape index (κ2) is 6.78. The first-order valence-electron chi connectivity index (χ1n) is 8.71. The molecule has 0 unspecified atom stereocenters. The molecule has 0 N–H and O–H groups in total. The summed E-state index contributed by atoms with van der Waals surface area (Å²) in [6.45, 7) is 3.45. The Morgan fingerprint density at radius 2 is 1.39 bits per heavy atom. The van der Waals surface area contributed by atoms with Gasteiger partial charge in [-0.2, -0.15) is 0 Å². The van der Waals surface area contributed by atoms with Gasteiger partial charge in [0.1, 0.15) is 29.1 Å². The summed E-state index contributed by atoms with van der Waals surface area (Å²) < 4.78 is 59.0. The molecule has 0 atom stereocenters. The first kappa shape index (κ1) is 18.2. The maximum Gasteiger partial charge on any atom is 0.147 e. The van der Waals surface area contributed by atoms with Crippen LogP contribution in [0.1, 0.15) is 16.7 Å². The third-order valence-electron chi connectivity index (χ3n) is 4.75. The Morgan fingerprint density at radius 1 is 0.821 bits per heavy atom. The van der Waals surface area contributed by atoms with Crippen LogP contribution in [0.25, 0.3) is 22.4 Å². The first-order chi connectivity index (χ1) is 13.4. The number of benzene rings is 3. The number of hydrogen-bond acceptors (Lipinski definition) is 1. The Hall–Kier alpha value is -3.15. The van der Waals surface area contributed by atoms with E-state index in [2.05, 4.69) is 4.98 Å². The topological polar surface area (TPSA) is 17.8 Å². The fraction of sp³-hybridized carbons (Fsp3) is 0.136. The van der Waals surface area contributed by atoms with Gasteiger partial charge in [-0.05, 0) is 55.3 Å². The van der Waals surface area contributed by atoms with Crippen molar-refractivity contribution in [3.63, 3.8) is 0 Å². The number of halogens is 4. The van der Waals surface area contributed by atoms with E-state index < -0.39 is 23.3 Å². The zero-order valence-electron chi connectivity index (χ0n) is 15.2. The second-order valence-corrected chi connectivity index (χ2v) is 6.77. The van der Waals surface area contributed by atoms with Gasteiger partial charge in [0, 0.05) is 5.56 Å². The molecule has 1 aromatic heterocycles. The highest BCUT2D eigenvalue weighted by molar-refractivity contribution is 5.84. The summed E-state index contributed by atoms with van der Waals surface area (Å²) in [5, 5.41) is 0. The van der Waals surface area contributed by atoms with Gasteiger partial charge < -0.3 is 4.57 Å². The normalized spacial score (nSPS) is 11.4. The van der Waals surface area contributed by atoms with Crippen LogP contribution in [0.3, 0.4) is 0 Å². The van der Waals surface area contributed by atoms with Crippen molar-refractivity contribution in [1.29, 1.82) is 0 Å². The largest absolute Gasteiger partial charge is 0.319 e. The number of nitrogens with zero attached hydrogens (tertiary/aromatic N) is 2. The standard InChI is InChI=1S/C22H16F4N2/c1-12-9-13(2)21-19(10-12)28(11-14-15(23)5-3-6-16(14)24)22(27-21)20-17(25)7-4-8-18(20)26/h3-10H,11H2,1-2H3. The average Bonchev–Trinajstić information content (AvgIpc) is 2.97. The van der Waals surface area contributed by atoms with Gasteiger partial charge in [0.25, 0.3) is 0 Å². The van der Waals surface area contributed by atoms with E-state index in [9.17, 15) is 17.6 Å². The maximum absolute atomic E-state index is 14.5. The van der Waals surface area contributed by atoms with Gasteiger partial charge in [0.2, 0.25) is 0 Å². The molecule has 0 fully saturated rings. The van der Waals surface area contributed by atoms with Crippen LogP contribution in [-0.2, 0) is 6.54 Å². The Labute approximate surface area is 159 Å². The number of hydrogen-bond donors (Lipinski definition) is 0. The third-order valence-corrected chi connectivity index (χ3v) is 4.75. The van der Waals surface area contributed by atoms with Gasteiger partial charge in [-0.3, -0.25) is 0 Å². The van der Waals surface area contributed by atoms with Crippen molar-refractivity contribution in [2.75, 3.05) is 0 Å². The van der Waals surface area contributed by atoms with Crippen molar-refractivity contribution >= 4 is 11.0 Å². The number of aryl methyl sites for hydroxylation is 2. The molecule has 6 heteroatoms. The highest BCUT2D eigenvalue weighted by atomic mass is 19.1. The fourth-order valence-corrected chi connectivity index (χ4v) is 3.47. The van der Waals surface area contributed by atoms with E-state index in [-0.39, 0.29) is 23.5 Å². The van der Waals surface area contributed by atoms with E-state index in [0.29, 0.717) is 11.0 Å². The van der Waals surface area contributed by atoms with E-state index >= 15 is 0 Å². The Balaban J connectivity index is 2.05. The molecular weight excluding hydrogens is 368 g/mol. The summed E-state index contributed by atoms with van der Waals surface area (Å²) in [7, 11) is 0. The van der Waals surface area contributed by atoms with E-state index in [1.54, 1.807) is 6.07 Å². The van der Waals surface area contributed by atoms with Gasteiger partial charge in [-0.1, -0.05) is 18.2 Å². The molecule has 0 radical (unpaired) electrons. The molecule has 4 aromatic rings. The van der Waals surface area contributed by atoms with Gasteiger partial charge >= 0.3 is 0 Å². The van der Waals surface area contributed by atoms with Crippen LogP contribution in [0.15, 0.2) is 48.5 Å². The number of fused-ring (bicyclic) bond motifs is 1. The quantitative estimate of drug-likeness (QED) is 0.401. The molecule has 2 nitrogen and oxygen atoms in total. The minimum Gasteiger partial charge on any atom is -0.319 e. The van der Waals surface area contributed by atoms with Gasteiger partial charge in [0.05, 0.1) is 23.1 Å². The second-order valence-electron chi connectivity index (χ2n) is 6.77. The highest BCUT2D eigenvalue weighted by Gasteiger charge is 2.22. The fourth-order valence-electron chi connectivity index (χ4n) is 3.47. The Kier molecular flexibility index (Phi) is 4.41. The molecule has 142 valence electrons. The molecule has 0 aliphatic heterocycles. The van der Waals surface area contributed by atoms with Crippen molar-refractivity contribution in [2.45, 2.75) is 20.4 Å². The molecule has 0 saturated carbocycles. The van der Waals surface area contributed by atoms with E-state index in [1.807, 2.05) is 19.9 Å². The molecule has 1 heterocycles. The number of rotatable bonds is 3. The molecular formula is C22H16F4N2. The molecule has 0 spiro atoms. The SMILES string of the molecule is Cc1cc(C)c2nc(-c3c(F)cccc3F)n(Cc3c(F)cccc3F)c2c1. The lowest BCUT2D eigenvalue weighted by Gasteiger charge is -2.12. The average molecular weight is 384 g/mol. The van der Waals surface area contributed by atoms with E-state index in [1.165, 1.54) is 16.7 Å². The van der Waals surface area contributed by atoms with E-state index in [4.69, 9.17) is 0 Å². The predicted octanol–water partition coefficient (Wildman–Crippen LogP) is 5.92. The molecule has 4 rings (SSSR count). The summed E-state index contributed by atoms with van der Waals surface area (Å²) in [6.07, 6.45) is 0. The van der Waals surface area contributed by atoms with E-state index in [0.717, 1.165) is 35.4 Å². The monoisotopic (exact) mass is 384 g/mol. The van der Waals surface area contributed by atoms with Gasteiger partial charge in [-0.15, -0.1) is 0 Å². The van der Waals surface area contributed by atoms with Crippen molar-refractivity contribution in [3.05, 3.63) is 88.5 Å². The molecule has 0 amide bonds. The zero-order chi connectivity index (χ0) is 20.0. The van der Waals surface area contributed by atoms with Crippen LogP contribution in [0, 0.1) is 37.1 Å². The molecule has 3 aromatic carbocycles. The summed E-state index contributed by atoms with van der Waals surface area (Å²) in [4.78, 5) is 4.44. The Bertz CT molecular complexity index is 1170. The smallest absolute Gasteiger partial charge is 0.147 e. The molecule has 0 bridgehead atoms. The van der Waals surface area contributed by atoms with Crippen molar-refractivity contribution in [1.82, 2.24) is 9.55 Å².